The fourth-order valence-electron chi connectivity index (χ4n) is 2.48. The first-order chi connectivity index (χ1) is 9.89. The SMILES string of the molecule is Cc1cccn2c(CNCC(C)(O)CCC(C)C)cnc12. The maximum absolute atomic E-state index is 10.4. The number of fused-ring (bicyclic) bond motifs is 1. The minimum Gasteiger partial charge on any atom is -0.389 e. The van der Waals surface area contributed by atoms with Gasteiger partial charge in [-0.15, -0.1) is 0 Å². The van der Waals surface area contributed by atoms with Crippen molar-refractivity contribution in [3.63, 3.8) is 0 Å². The quantitative estimate of drug-likeness (QED) is 0.824. The molecule has 0 fully saturated rings. The number of rotatable bonds is 7. The molecule has 2 rings (SSSR count). The summed E-state index contributed by atoms with van der Waals surface area (Å²) >= 11 is 0. The maximum atomic E-state index is 10.4. The number of aliphatic hydroxyl groups is 1. The Hall–Kier alpha value is -1.39. The molecule has 2 aromatic heterocycles. The fourth-order valence-corrected chi connectivity index (χ4v) is 2.48. The molecular formula is C17H27N3O. The lowest BCUT2D eigenvalue weighted by Crippen LogP contribution is -2.37. The van der Waals surface area contributed by atoms with Crippen LogP contribution in [0.15, 0.2) is 24.5 Å². The fraction of sp³-hybridized carbons (Fsp3) is 0.588. The van der Waals surface area contributed by atoms with E-state index < -0.39 is 5.60 Å². The summed E-state index contributed by atoms with van der Waals surface area (Å²) in [6.07, 6.45) is 5.80. The molecule has 2 aromatic rings. The number of nitrogens with one attached hydrogen (secondary N) is 1. The van der Waals surface area contributed by atoms with E-state index in [4.69, 9.17) is 0 Å². The second kappa shape index (κ2) is 6.58. The average molecular weight is 289 g/mol. The van der Waals surface area contributed by atoms with Crippen molar-refractivity contribution < 1.29 is 5.11 Å². The van der Waals surface area contributed by atoms with Crippen molar-refractivity contribution in [1.29, 1.82) is 0 Å². The molecule has 116 valence electrons. The molecule has 0 aliphatic heterocycles. The number of hydrogen-bond acceptors (Lipinski definition) is 3. The van der Waals surface area contributed by atoms with Gasteiger partial charge in [-0.2, -0.15) is 0 Å². The molecule has 0 amide bonds. The summed E-state index contributed by atoms with van der Waals surface area (Å²) in [5.74, 6) is 0.623. The smallest absolute Gasteiger partial charge is 0.139 e. The molecule has 1 atom stereocenters. The van der Waals surface area contributed by atoms with Crippen molar-refractivity contribution in [2.75, 3.05) is 6.54 Å². The predicted molar refractivity (Wildman–Crippen MR) is 86.3 cm³/mol. The van der Waals surface area contributed by atoms with Gasteiger partial charge in [-0.1, -0.05) is 19.9 Å². The summed E-state index contributed by atoms with van der Waals surface area (Å²) < 4.78 is 2.10. The van der Waals surface area contributed by atoms with Gasteiger partial charge in [0.15, 0.2) is 0 Å². The van der Waals surface area contributed by atoms with Gasteiger partial charge in [-0.3, -0.25) is 0 Å². The topological polar surface area (TPSA) is 49.6 Å². The van der Waals surface area contributed by atoms with Gasteiger partial charge in [-0.05, 0) is 44.2 Å². The third kappa shape index (κ3) is 4.29. The van der Waals surface area contributed by atoms with Crippen molar-refractivity contribution in [3.8, 4) is 0 Å². The van der Waals surface area contributed by atoms with Crippen molar-refractivity contribution in [2.24, 2.45) is 5.92 Å². The normalized spacial score (nSPS) is 14.8. The summed E-state index contributed by atoms with van der Waals surface area (Å²) in [6.45, 7) is 9.65. The van der Waals surface area contributed by atoms with Gasteiger partial charge in [0.25, 0.3) is 0 Å². The van der Waals surface area contributed by atoms with Crippen molar-refractivity contribution in [1.82, 2.24) is 14.7 Å². The molecule has 2 heterocycles. The monoisotopic (exact) mass is 289 g/mol. The highest BCUT2D eigenvalue weighted by atomic mass is 16.3. The summed E-state index contributed by atoms with van der Waals surface area (Å²) in [5.41, 5.74) is 2.64. The summed E-state index contributed by atoms with van der Waals surface area (Å²) in [4.78, 5) is 4.45. The number of aryl methyl sites for hydroxylation is 1. The van der Waals surface area contributed by atoms with Crippen LogP contribution in [0.2, 0.25) is 0 Å². The van der Waals surface area contributed by atoms with Crippen molar-refractivity contribution >= 4 is 5.65 Å². The highest BCUT2D eigenvalue weighted by molar-refractivity contribution is 5.48. The van der Waals surface area contributed by atoms with Crippen molar-refractivity contribution in [3.05, 3.63) is 35.8 Å². The van der Waals surface area contributed by atoms with E-state index in [1.165, 1.54) is 5.56 Å². The lowest BCUT2D eigenvalue weighted by atomic mass is 9.95. The molecule has 4 heteroatoms. The van der Waals surface area contributed by atoms with E-state index in [0.717, 1.165) is 24.2 Å². The van der Waals surface area contributed by atoms with Gasteiger partial charge in [0, 0.05) is 19.3 Å². The van der Waals surface area contributed by atoms with Gasteiger partial charge in [0.1, 0.15) is 5.65 Å². The molecule has 0 aromatic carbocycles. The predicted octanol–water partition coefficient (Wildman–Crippen LogP) is 2.92. The Bertz CT molecular complexity index is 587. The average Bonchev–Trinajstić information content (AvgIpc) is 2.82. The molecule has 21 heavy (non-hydrogen) atoms. The van der Waals surface area contributed by atoms with Gasteiger partial charge < -0.3 is 14.8 Å². The Labute approximate surface area is 127 Å². The molecule has 0 spiro atoms. The molecule has 0 bridgehead atoms. The number of pyridine rings is 1. The van der Waals surface area contributed by atoms with Crippen LogP contribution in [0.4, 0.5) is 0 Å². The third-order valence-electron chi connectivity index (χ3n) is 3.88. The first kappa shape index (κ1) is 16.0. The van der Waals surface area contributed by atoms with E-state index in [9.17, 15) is 5.11 Å². The molecule has 4 nitrogen and oxygen atoms in total. The Kier molecular flexibility index (Phi) is 5.01. The summed E-state index contributed by atoms with van der Waals surface area (Å²) in [7, 11) is 0. The van der Waals surface area contributed by atoms with E-state index in [2.05, 4.69) is 41.5 Å². The van der Waals surface area contributed by atoms with E-state index in [0.29, 0.717) is 19.0 Å². The number of nitrogens with zero attached hydrogens (tertiary/aromatic N) is 2. The maximum Gasteiger partial charge on any atom is 0.139 e. The second-order valence-electron chi connectivity index (χ2n) is 6.67. The number of imidazole rings is 1. The van der Waals surface area contributed by atoms with Crippen LogP contribution in [-0.2, 0) is 6.54 Å². The zero-order chi connectivity index (χ0) is 15.5. The summed E-state index contributed by atoms with van der Waals surface area (Å²) in [6, 6.07) is 4.10. The minimum atomic E-state index is -0.652. The van der Waals surface area contributed by atoms with Crippen molar-refractivity contribution in [2.45, 2.75) is 52.7 Å². The Morgan fingerprint density at radius 2 is 2.19 bits per heavy atom. The summed E-state index contributed by atoms with van der Waals surface area (Å²) in [5, 5.41) is 13.7. The molecule has 1 unspecified atom stereocenters. The first-order valence-electron chi connectivity index (χ1n) is 7.74. The van der Waals surface area contributed by atoms with Crippen LogP contribution in [0, 0.1) is 12.8 Å². The van der Waals surface area contributed by atoms with Crippen LogP contribution in [0.3, 0.4) is 0 Å². The standard InChI is InChI=1S/C17H27N3O/c1-13(2)7-8-17(4,21)12-18-10-15-11-19-16-14(3)6-5-9-20(15)16/h5-6,9,11,13,18,21H,7-8,10,12H2,1-4H3. The minimum absolute atomic E-state index is 0.596. The van der Waals surface area contributed by atoms with Crippen LogP contribution in [0.5, 0.6) is 0 Å². The van der Waals surface area contributed by atoms with E-state index in [1.54, 1.807) is 0 Å². The van der Waals surface area contributed by atoms with Gasteiger partial charge in [0.2, 0.25) is 0 Å². The Morgan fingerprint density at radius 1 is 1.43 bits per heavy atom. The Balaban J connectivity index is 1.92. The van der Waals surface area contributed by atoms with E-state index in [1.807, 2.05) is 25.4 Å². The van der Waals surface area contributed by atoms with Crippen LogP contribution in [-0.4, -0.2) is 26.6 Å². The molecular weight excluding hydrogens is 262 g/mol. The highest BCUT2D eigenvalue weighted by Gasteiger charge is 2.20. The van der Waals surface area contributed by atoms with E-state index >= 15 is 0 Å². The van der Waals surface area contributed by atoms with Crippen LogP contribution in [0.25, 0.3) is 5.65 Å². The molecule has 2 N–H and O–H groups in total. The third-order valence-corrected chi connectivity index (χ3v) is 3.88. The molecule has 0 aliphatic carbocycles. The van der Waals surface area contributed by atoms with Gasteiger partial charge >= 0.3 is 0 Å². The lowest BCUT2D eigenvalue weighted by molar-refractivity contribution is 0.0450. The van der Waals surface area contributed by atoms with Gasteiger partial charge in [0.05, 0.1) is 17.5 Å². The van der Waals surface area contributed by atoms with Crippen LogP contribution < -0.4 is 5.32 Å². The van der Waals surface area contributed by atoms with Crippen LogP contribution >= 0.6 is 0 Å². The first-order valence-corrected chi connectivity index (χ1v) is 7.74. The molecule has 0 radical (unpaired) electrons. The van der Waals surface area contributed by atoms with Gasteiger partial charge in [-0.25, -0.2) is 4.98 Å². The molecule has 0 aliphatic rings. The number of aromatic nitrogens is 2. The highest BCUT2D eigenvalue weighted by Crippen LogP contribution is 2.16. The number of hydrogen-bond donors (Lipinski definition) is 2. The van der Waals surface area contributed by atoms with Crippen LogP contribution in [0.1, 0.15) is 44.9 Å². The largest absolute Gasteiger partial charge is 0.389 e. The molecule has 0 saturated carbocycles. The second-order valence-corrected chi connectivity index (χ2v) is 6.67. The Morgan fingerprint density at radius 3 is 2.90 bits per heavy atom. The zero-order valence-corrected chi connectivity index (χ0v) is 13.6. The zero-order valence-electron chi connectivity index (χ0n) is 13.6. The lowest BCUT2D eigenvalue weighted by Gasteiger charge is -2.24. The van der Waals surface area contributed by atoms with E-state index in [-0.39, 0.29) is 0 Å². The molecule has 0 saturated heterocycles.